The van der Waals surface area contributed by atoms with Crippen molar-refractivity contribution in [3.05, 3.63) is 44.9 Å². The van der Waals surface area contributed by atoms with Gasteiger partial charge in [0.05, 0.1) is 22.1 Å². The number of hydrogen-bond acceptors (Lipinski definition) is 3. The number of nitrogen functional groups attached to an aromatic ring is 1. The molecule has 0 radical (unpaired) electrons. The smallest absolute Gasteiger partial charge is 0.201 e. The van der Waals surface area contributed by atoms with Gasteiger partial charge in [-0.05, 0) is 32.0 Å². The molecule has 0 spiro atoms. The molecule has 0 aliphatic carbocycles. The Morgan fingerprint density at radius 2 is 2.15 bits per heavy atom. The van der Waals surface area contributed by atoms with Gasteiger partial charge < -0.3 is 10.3 Å². The first kappa shape index (κ1) is 13.4. The SMILES string of the molecule is Cc1ccc(C(C)n2c(N)nc3cc(F)c(Cl)cc32)s1. The topological polar surface area (TPSA) is 43.8 Å². The lowest BCUT2D eigenvalue weighted by Gasteiger charge is -2.14. The number of nitrogens with two attached hydrogens (primary N) is 1. The molecule has 1 unspecified atom stereocenters. The first-order valence-electron chi connectivity index (χ1n) is 6.16. The van der Waals surface area contributed by atoms with Crippen LogP contribution in [0.15, 0.2) is 24.3 Å². The zero-order valence-electron chi connectivity index (χ0n) is 11.0. The van der Waals surface area contributed by atoms with Crippen molar-refractivity contribution in [3.8, 4) is 0 Å². The standard InChI is InChI=1S/C14H13ClFN3S/c1-7-3-4-13(20-7)8(2)19-12-5-9(15)10(16)6-11(12)18-14(19)17/h3-6,8H,1-2H3,(H2,17,18). The van der Waals surface area contributed by atoms with Gasteiger partial charge in [0.2, 0.25) is 5.95 Å². The van der Waals surface area contributed by atoms with Crippen LogP contribution < -0.4 is 5.73 Å². The highest BCUT2D eigenvalue weighted by atomic mass is 35.5. The number of hydrogen-bond donors (Lipinski definition) is 1. The number of aromatic nitrogens is 2. The van der Waals surface area contributed by atoms with Crippen LogP contribution in [0.3, 0.4) is 0 Å². The lowest BCUT2D eigenvalue weighted by atomic mass is 10.2. The summed E-state index contributed by atoms with van der Waals surface area (Å²) in [5.74, 6) is -0.122. The summed E-state index contributed by atoms with van der Waals surface area (Å²) < 4.78 is 15.4. The Balaban J connectivity index is 2.20. The summed E-state index contributed by atoms with van der Waals surface area (Å²) in [7, 11) is 0. The molecule has 0 aliphatic rings. The molecule has 3 nitrogen and oxygen atoms in total. The maximum atomic E-state index is 13.5. The molecule has 104 valence electrons. The number of aryl methyl sites for hydroxylation is 1. The summed E-state index contributed by atoms with van der Waals surface area (Å²) in [6, 6.07) is 7.06. The van der Waals surface area contributed by atoms with Crippen LogP contribution in [0, 0.1) is 12.7 Å². The molecule has 1 aromatic carbocycles. The molecule has 0 bridgehead atoms. The molecule has 2 aromatic heterocycles. The zero-order chi connectivity index (χ0) is 14.4. The van der Waals surface area contributed by atoms with Gasteiger partial charge in [-0.25, -0.2) is 9.37 Å². The van der Waals surface area contributed by atoms with Crippen LogP contribution >= 0.6 is 22.9 Å². The monoisotopic (exact) mass is 309 g/mol. The van der Waals surface area contributed by atoms with Crippen molar-refractivity contribution in [2.24, 2.45) is 0 Å². The number of rotatable bonds is 2. The first-order valence-corrected chi connectivity index (χ1v) is 7.35. The van der Waals surface area contributed by atoms with E-state index in [1.54, 1.807) is 17.4 Å². The van der Waals surface area contributed by atoms with Crippen LogP contribution in [0.2, 0.25) is 5.02 Å². The van der Waals surface area contributed by atoms with E-state index in [9.17, 15) is 4.39 Å². The average Bonchev–Trinajstić information content (AvgIpc) is 2.93. The second kappa shape index (κ2) is 4.75. The zero-order valence-corrected chi connectivity index (χ0v) is 12.6. The van der Waals surface area contributed by atoms with Crippen LogP contribution in [0.1, 0.15) is 22.7 Å². The van der Waals surface area contributed by atoms with E-state index in [2.05, 4.69) is 24.0 Å². The van der Waals surface area contributed by atoms with Crippen molar-refractivity contribution in [1.29, 1.82) is 0 Å². The molecule has 0 amide bonds. The molecule has 0 saturated heterocycles. The van der Waals surface area contributed by atoms with E-state index >= 15 is 0 Å². The van der Waals surface area contributed by atoms with Crippen molar-refractivity contribution in [3.63, 3.8) is 0 Å². The van der Waals surface area contributed by atoms with Crippen molar-refractivity contribution in [1.82, 2.24) is 9.55 Å². The van der Waals surface area contributed by atoms with Crippen LogP contribution in [-0.2, 0) is 0 Å². The molecule has 1 atom stereocenters. The van der Waals surface area contributed by atoms with Gasteiger partial charge in [-0.15, -0.1) is 11.3 Å². The Kier molecular flexibility index (Phi) is 3.18. The normalized spacial score (nSPS) is 13.0. The van der Waals surface area contributed by atoms with E-state index in [1.807, 2.05) is 11.5 Å². The fourth-order valence-corrected chi connectivity index (χ4v) is 3.40. The Labute approximate surface area is 124 Å². The molecule has 2 heterocycles. The minimum absolute atomic E-state index is 0.0280. The second-order valence-corrected chi connectivity index (χ2v) is 6.45. The first-order chi connectivity index (χ1) is 9.47. The predicted octanol–water partition coefficient (Wildman–Crippen LogP) is 4.39. The van der Waals surface area contributed by atoms with Crippen molar-refractivity contribution in [2.45, 2.75) is 19.9 Å². The van der Waals surface area contributed by atoms with Crippen LogP contribution in [-0.4, -0.2) is 9.55 Å². The molecular weight excluding hydrogens is 297 g/mol. The number of nitrogens with zero attached hydrogens (tertiary/aromatic N) is 2. The largest absolute Gasteiger partial charge is 0.369 e. The third-order valence-corrected chi connectivity index (χ3v) is 4.78. The third kappa shape index (κ3) is 2.07. The Morgan fingerprint density at radius 3 is 2.80 bits per heavy atom. The molecular formula is C14H13ClFN3S. The molecule has 3 rings (SSSR count). The third-order valence-electron chi connectivity index (χ3n) is 3.32. The van der Waals surface area contributed by atoms with E-state index in [0.717, 1.165) is 5.52 Å². The average molecular weight is 310 g/mol. The molecule has 2 N–H and O–H groups in total. The Morgan fingerprint density at radius 1 is 1.40 bits per heavy atom. The van der Waals surface area contributed by atoms with Gasteiger partial charge in [-0.1, -0.05) is 11.6 Å². The van der Waals surface area contributed by atoms with Gasteiger partial charge in [-0.3, -0.25) is 0 Å². The van der Waals surface area contributed by atoms with Gasteiger partial charge in [0, 0.05) is 15.8 Å². The lowest BCUT2D eigenvalue weighted by molar-refractivity contribution is 0.629. The minimum Gasteiger partial charge on any atom is -0.369 e. The van der Waals surface area contributed by atoms with Crippen LogP contribution in [0.25, 0.3) is 11.0 Å². The summed E-state index contributed by atoms with van der Waals surface area (Å²) in [4.78, 5) is 6.63. The highest BCUT2D eigenvalue weighted by molar-refractivity contribution is 7.12. The fourth-order valence-electron chi connectivity index (χ4n) is 2.32. The van der Waals surface area contributed by atoms with E-state index in [-0.39, 0.29) is 11.1 Å². The van der Waals surface area contributed by atoms with E-state index in [4.69, 9.17) is 17.3 Å². The predicted molar refractivity (Wildman–Crippen MR) is 82.0 cm³/mol. The Bertz CT molecular complexity index is 793. The highest BCUT2D eigenvalue weighted by Crippen LogP contribution is 2.32. The van der Waals surface area contributed by atoms with Crippen molar-refractivity contribution >= 4 is 39.9 Å². The molecule has 3 aromatic rings. The number of anilines is 1. The van der Waals surface area contributed by atoms with Gasteiger partial charge in [-0.2, -0.15) is 0 Å². The number of halogens is 2. The Hall–Kier alpha value is -1.59. The van der Waals surface area contributed by atoms with Crippen molar-refractivity contribution < 1.29 is 4.39 Å². The summed E-state index contributed by atoms with van der Waals surface area (Å²) in [5.41, 5.74) is 7.25. The van der Waals surface area contributed by atoms with Gasteiger partial charge in [0.1, 0.15) is 5.82 Å². The molecule has 0 fully saturated rings. The maximum Gasteiger partial charge on any atom is 0.201 e. The number of imidazole rings is 1. The van der Waals surface area contributed by atoms with Crippen molar-refractivity contribution in [2.75, 3.05) is 5.73 Å². The number of benzene rings is 1. The fraction of sp³-hybridized carbons (Fsp3) is 0.214. The number of fused-ring (bicyclic) bond motifs is 1. The molecule has 0 aliphatic heterocycles. The summed E-state index contributed by atoms with van der Waals surface area (Å²) in [6.45, 7) is 4.10. The molecule has 20 heavy (non-hydrogen) atoms. The van der Waals surface area contributed by atoms with Crippen LogP contribution in [0.5, 0.6) is 0 Å². The maximum absolute atomic E-state index is 13.5. The highest BCUT2D eigenvalue weighted by Gasteiger charge is 2.18. The molecule has 6 heteroatoms. The van der Waals surface area contributed by atoms with E-state index < -0.39 is 5.82 Å². The van der Waals surface area contributed by atoms with Gasteiger partial charge in [0.15, 0.2) is 0 Å². The summed E-state index contributed by atoms with van der Waals surface area (Å²) in [6.07, 6.45) is 0. The second-order valence-electron chi connectivity index (χ2n) is 4.72. The number of thiophene rings is 1. The minimum atomic E-state index is -0.483. The summed E-state index contributed by atoms with van der Waals surface area (Å²) >= 11 is 7.58. The van der Waals surface area contributed by atoms with Crippen LogP contribution in [0.4, 0.5) is 10.3 Å². The molecule has 0 saturated carbocycles. The van der Waals surface area contributed by atoms with Gasteiger partial charge in [0.25, 0.3) is 0 Å². The van der Waals surface area contributed by atoms with E-state index in [1.165, 1.54) is 15.8 Å². The van der Waals surface area contributed by atoms with Gasteiger partial charge >= 0.3 is 0 Å². The van der Waals surface area contributed by atoms with E-state index in [0.29, 0.717) is 11.5 Å². The summed E-state index contributed by atoms with van der Waals surface area (Å²) in [5, 5.41) is 0.0770. The lowest BCUT2D eigenvalue weighted by Crippen LogP contribution is -2.08. The quantitative estimate of drug-likeness (QED) is 0.763.